The van der Waals surface area contributed by atoms with Gasteiger partial charge in [-0.15, -0.1) is 0 Å². The molecule has 0 rings (SSSR count). The van der Waals surface area contributed by atoms with E-state index in [0.717, 1.165) is 0 Å². The van der Waals surface area contributed by atoms with Crippen molar-refractivity contribution < 1.29 is 24.7 Å². The Kier molecular flexibility index (Phi) is 9.45. The molecule has 16 heavy (non-hydrogen) atoms. The molecule has 0 aliphatic carbocycles. The molecular weight excluding hydrogens is 227 g/mol. The van der Waals surface area contributed by atoms with Crippen LogP contribution in [0.5, 0.6) is 0 Å². The second kappa shape index (κ2) is 8.51. The Bertz CT molecular complexity index is 271. The average Bonchev–Trinajstić information content (AvgIpc) is 2.16. The summed E-state index contributed by atoms with van der Waals surface area (Å²) in [5.74, 6) is -3.09. The van der Waals surface area contributed by atoms with Crippen molar-refractivity contribution in [2.45, 2.75) is 26.3 Å². The molecule has 0 heterocycles. The van der Waals surface area contributed by atoms with Gasteiger partial charge in [-0.05, 0) is 6.92 Å². The third-order valence-corrected chi connectivity index (χ3v) is 1.79. The number of carbonyl (C=O) groups excluding carboxylic acids is 2. The van der Waals surface area contributed by atoms with Gasteiger partial charge in [0.05, 0.1) is 0 Å². The van der Waals surface area contributed by atoms with E-state index >= 15 is 0 Å². The first-order valence-electron chi connectivity index (χ1n) is 4.34. The van der Waals surface area contributed by atoms with Gasteiger partial charge in [-0.25, -0.2) is 5.48 Å². The van der Waals surface area contributed by atoms with Crippen LogP contribution in [0.25, 0.3) is 0 Å². The normalized spacial score (nSPS) is 12.9. The van der Waals surface area contributed by atoms with Crippen LogP contribution in [-0.2, 0) is 14.4 Å². The number of hydrogen-bond donors (Lipinski definition) is 4. The van der Waals surface area contributed by atoms with E-state index in [0.29, 0.717) is 0 Å². The van der Waals surface area contributed by atoms with Crippen molar-refractivity contribution in [3.8, 4) is 0 Å². The van der Waals surface area contributed by atoms with Crippen LogP contribution in [0.4, 0.5) is 0 Å². The van der Waals surface area contributed by atoms with E-state index in [-0.39, 0.29) is 36.0 Å². The predicted molar refractivity (Wildman–Crippen MR) is 56.1 cm³/mol. The summed E-state index contributed by atoms with van der Waals surface area (Å²) in [6.07, 6.45) is -0.200. The number of rotatable bonds is 5. The molecule has 0 spiro atoms. The summed E-state index contributed by atoms with van der Waals surface area (Å²) < 4.78 is 0. The van der Waals surface area contributed by atoms with Crippen molar-refractivity contribution in [1.29, 1.82) is 0 Å². The molecule has 0 saturated carbocycles. The molecule has 88 valence electrons. The third kappa shape index (κ3) is 6.78. The van der Waals surface area contributed by atoms with Crippen LogP contribution in [0.2, 0.25) is 0 Å². The summed E-state index contributed by atoms with van der Waals surface area (Å²) in [5.41, 5.74) is 1.39. The Labute approximate surface area is 115 Å². The molecule has 0 bridgehead atoms. The Morgan fingerprint density at radius 1 is 1.25 bits per heavy atom. The fraction of sp³-hybridized carbons (Fsp3) is 0.625. The average molecular weight is 242 g/mol. The molecular formula is C8H15N2NaO5. The van der Waals surface area contributed by atoms with E-state index in [2.05, 4.69) is 5.32 Å². The van der Waals surface area contributed by atoms with Crippen LogP contribution in [-0.4, -0.2) is 63.7 Å². The number of carboxylic acids is 1. The zero-order valence-corrected chi connectivity index (χ0v) is 8.48. The van der Waals surface area contributed by atoms with Crippen LogP contribution >= 0.6 is 0 Å². The van der Waals surface area contributed by atoms with Gasteiger partial charge in [0.2, 0.25) is 11.8 Å². The van der Waals surface area contributed by atoms with E-state index in [1.807, 2.05) is 0 Å². The van der Waals surface area contributed by atoms with E-state index in [9.17, 15) is 14.4 Å². The first kappa shape index (κ1) is 17.8. The first-order valence-corrected chi connectivity index (χ1v) is 4.34. The zero-order chi connectivity index (χ0) is 12.0. The molecule has 0 radical (unpaired) electrons. The Balaban J connectivity index is 0. The number of hydrogen-bond acceptors (Lipinski definition) is 4. The molecule has 0 saturated heterocycles. The van der Waals surface area contributed by atoms with Crippen molar-refractivity contribution in [2.24, 2.45) is 5.92 Å². The van der Waals surface area contributed by atoms with Crippen molar-refractivity contribution in [3.05, 3.63) is 0 Å². The van der Waals surface area contributed by atoms with Gasteiger partial charge in [-0.3, -0.25) is 19.6 Å². The molecule has 0 aromatic carbocycles. The SMILES string of the molecule is CC(CC(=O)NO)C(=O)N[C@@H](C)C(=O)O.[NaH]. The predicted octanol–water partition coefficient (Wildman–Crippen LogP) is -1.54. The van der Waals surface area contributed by atoms with Gasteiger partial charge in [0.25, 0.3) is 0 Å². The van der Waals surface area contributed by atoms with Crippen molar-refractivity contribution in [1.82, 2.24) is 10.8 Å². The van der Waals surface area contributed by atoms with Crippen LogP contribution in [0.1, 0.15) is 20.3 Å². The number of aliphatic carboxylic acids is 1. The monoisotopic (exact) mass is 242 g/mol. The van der Waals surface area contributed by atoms with Crippen LogP contribution in [0, 0.1) is 5.92 Å². The van der Waals surface area contributed by atoms with E-state index < -0.39 is 29.7 Å². The van der Waals surface area contributed by atoms with Crippen LogP contribution < -0.4 is 10.8 Å². The molecule has 1 unspecified atom stereocenters. The van der Waals surface area contributed by atoms with Crippen LogP contribution in [0.3, 0.4) is 0 Å². The summed E-state index contributed by atoms with van der Waals surface area (Å²) in [4.78, 5) is 32.4. The van der Waals surface area contributed by atoms with Gasteiger partial charge in [-0.2, -0.15) is 0 Å². The second-order valence-electron chi connectivity index (χ2n) is 3.21. The Hall–Kier alpha value is -0.630. The molecule has 7 nitrogen and oxygen atoms in total. The quantitative estimate of drug-likeness (QED) is 0.265. The number of carbonyl (C=O) groups is 3. The van der Waals surface area contributed by atoms with Gasteiger partial charge >= 0.3 is 35.5 Å². The topological polar surface area (TPSA) is 116 Å². The molecule has 0 aliphatic heterocycles. The van der Waals surface area contributed by atoms with Gasteiger partial charge in [-0.1, -0.05) is 6.92 Å². The minimum atomic E-state index is -1.15. The number of hydroxylamine groups is 1. The van der Waals surface area contributed by atoms with Crippen LogP contribution in [0.15, 0.2) is 0 Å². The molecule has 2 amide bonds. The minimum absolute atomic E-state index is 0. The molecule has 2 atom stereocenters. The number of nitrogens with one attached hydrogen (secondary N) is 2. The Morgan fingerprint density at radius 3 is 2.12 bits per heavy atom. The standard InChI is InChI=1S/C8H14N2O5.Na.H/c1-4(3-6(11)10-15)7(12)9-5(2)8(13)14;;/h4-5,15H,3H2,1-2H3,(H,9,12)(H,10,11)(H,13,14);;/t4?,5-;;/m0../s1. The maximum absolute atomic E-state index is 11.3. The number of amides is 2. The molecule has 0 fully saturated rings. The summed E-state index contributed by atoms with van der Waals surface area (Å²) in [6, 6.07) is -1.00. The van der Waals surface area contributed by atoms with Crippen molar-refractivity contribution in [3.63, 3.8) is 0 Å². The summed E-state index contributed by atoms with van der Waals surface area (Å²) in [7, 11) is 0. The van der Waals surface area contributed by atoms with Crippen molar-refractivity contribution in [2.75, 3.05) is 0 Å². The van der Waals surface area contributed by atoms with Gasteiger partial charge in [0.1, 0.15) is 6.04 Å². The van der Waals surface area contributed by atoms with Crippen molar-refractivity contribution >= 4 is 47.3 Å². The summed E-state index contributed by atoms with van der Waals surface area (Å²) in [6.45, 7) is 2.78. The summed E-state index contributed by atoms with van der Waals surface area (Å²) in [5, 5.41) is 18.9. The molecule has 0 aromatic rings. The molecule has 0 aliphatic rings. The first-order chi connectivity index (χ1) is 6.88. The third-order valence-electron chi connectivity index (χ3n) is 1.79. The van der Waals surface area contributed by atoms with E-state index in [4.69, 9.17) is 10.3 Å². The summed E-state index contributed by atoms with van der Waals surface area (Å²) >= 11 is 0. The van der Waals surface area contributed by atoms with Gasteiger partial charge in [0.15, 0.2) is 0 Å². The maximum atomic E-state index is 11.3. The zero-order valence-electron chi connectivity index (χ0n) is 8.48. The number of carboxylic acid groups (broad SMARTS) is 1. The Morgan fingerprint density at radius 2 is 1.75 bits per heavy atom. The van der Waals surface area contributed by atoms with E-state index in [1.54, 1.807) is 0 Å². The second-order valence-corrected chi connectivity index (χ2v) is 3.21. The fourth-order valence-electron chi connectivity index (χ4n) is 0.834. The van der Waals surface area contributed by atoms with Gasteiger partial charge < -0.3 is 10.4 Å². The molecule has 4 N–H and O–H groups in total. The molecule has 8 heteroatoms. The fourth-order valence-corrected chi connectivity index (χ4v) is 0.834. The van der Waals surface area contributed by atoms with E-state index in [1.165, 1.54) is 19.3 Å². The molecule has 0 aromatic heterocycles. The van der Waals surface area contributed by atoms with Gasteiger partial charge in [0, 0.05) is 12.3 Å².